The molecular formula is C18H25N5O2. The fourth-order valence-electron chi connectivity index (χ4n) is 2.95. The zero-order chi connectivity index (χ0) is 17.5. The van der Waals surface area contributed by atoms with Crippen molar-refractivity contribution in [2.75, 3.05) is 51.3 Å². The molecule has 1 fully saturated rings. The molecule has 1 aliphatic rings. The van der Waals surface area contributed by atoms with E-state index in [1.807, 2.05) is 24.3 Å². The summed E-state index contributed by atoms with van der Waals surface area (Å²) in [4.78, 5) is 22.9. The van der Waals surface area contributed by atoms with Crippen LogP contribution in [-0.2, 0) is 9.53 Å². The first-order valence-electron chi connectivity index (χ1n) is 8.73. The molecular weight excluding hydrogens is 318 g/mol. The Hall–Kier alpha value is -2.25. The van der Waals surface area contributed by atoms with Gasteiger partial charge in [0.15, 0.2) is 0 Å². The number of carbonyl (C=O) groups excluding carboxylic acids is 1. The van der Waals surface area contributed by atoms with Crippen molar-refractivity contribution in [2.24, 2.45) is 5.92 Å². The van der Waals surface area contributed by atoms with Crippen LogP contribution in [0.5, 0.6) is 0 Å². The molecule has 1 atom stereocenters. The van der Waals surface area contributed by atoms with E-state index >= 15 is 0 Å². The summed E-state index contributed by atoms with van der Waals surface area (Å²) in [6.07, 6.45) is 1.51. The van der Waals surface area contributed by atoms with Crippen molar-refractivity contribution in [3.8, 4) is 0 Å². The van der Waals surface area contributed by atoms with Crippen molar-refractivity contribution in [2.45, 2.75) is 6.92 Å². The lowest BCUT2D eigenvalue weighted by Crippen LogP contribution is -2.42. The SMILES string of the molecule is CC(CNC(=O)CNc1ncnc2ccccc12)CN1CCOCC1. The minimum atomic E-state index is -0.0310. The molecule has 25 heavy (non-hydrogen) atoms. The molecule has 0 saturated carbocycles. The van der Waals surface area contributed by atoms with Gasteiger partial charge < -0.3 is 15.4 Å². The number of ether oxygens (including phenoxy) is 1. The molecule has 1 aliphatic heterocycles. The summed E-state index contributed by atoms with van der Waals surface area (Å²) < 4.78 is 5.35. The van der Waals surface area contributed by atoms with Gasteiger partial charge in [0.25, 0.3) is 0 Å². The van der Waals surface area contributed by atoms with Gasteiger partial charge in [-0.2, -0.15) is 0 Å². The van der Waals surface area contributed by atoms with Crippen molar-refractivity contribution >= 4 is 22.6 Å². The zero-order valence-electron chi connectivity index (χ0n) is 14.6. The third kappa shape index (κ3) is 5.11. The number of hydrogen-bond donors (Lipinski definition) is 2. The molecule has 2 heterocycles. The van der Waals surface area contributed by atoms with Crippen LogP contribution < -0.4 is 10.6 Å². The Morgan fingerprint density at radius 1 is 1.28 bits per heavy atom. The van der Waals surface area contributed by atoms with Crippen molar-refractivity contribution in [3.63, 3.8) is 0 Å². The van der Waals surface area contributed by atoms with E-state index in [4.69, 9.17) is 4.74 Å². The van der Waals surface area contributed by atoms with Gasteiger partial charge in [-0.25, -0.2) is 9.97 Å². The van der Waals surface area contributed by atoms with E-state index < -0.39 is 0 Å². The fourth-order valence-corrected chi connectivity index (χ4v) is 2.95. The van der Waals surface area contributed by atoms with Gasteiger partial charge in [0, 0.05) is 31.6 Å². The molecule has 1 aromatic carbocycles. The summed E-state index contributed by atoms with van der Waals surface area (Å²) in [6.45, 7) is 7.55. The number of carbonyl (C=O) groups is 1. The van der Waals surface area contributed by atoms with E-state index in [2.05, 4.69) is 32.4 Å². The smallest absolute Gasteiger partial charge is 0.239 e. The molecule has 1 unspecified atom stereocenters. The van der Waals surface area contributed by atoms with Crippen LogP contribution in [0.25, 0.3) is 10.9 Å². The molecule has 0 bridgehead atoms. The number of para-hydroxylation sites is 1. The topological polar surface area (TPSA) is 79.4 Å². The van der Waals surface area contributed by atoms with Gasteiger partial charge in [0.2, 0.25) is 5.91 Å². The maximum atomic E-state index is 12.1. The number of rotatable bonds is 7. The minimum absolute atomic E-state index is 0.0310. The fraction of sp³-hybridized carbons (Fsp3) is 0.500. The predicted molar refractivity (Wildman–Crippen MR) is 97.5 cm³/mol. The second-order valence-electron chi connectivity index (χ2n) is 6.42. The highest BCUT2D eigenvalue weighted by Gasteiger charge is 2.14. The average molecular weight is 343 g/mol. The Balaban J connectivity index is 1.43. The Morgan fingerprint density at radius 2 is 2.08 bits per heavy atom. The number of morpholine rings is 1. The number of anilines is 1. The number of nitrogens with zero attached hydrogens (tertiary/aromatic N) is 3. The highest BCUT2D eigenvalue weighted by atomic mass is 16.5. The van der Waals surface area contributed by atoms with Crippen LogP contribution in [0.15, 0.2) is 30.6 Å². The lowest BCUT2D eigenvalue weighted by atomic mass is 10.1. The normalized spacial score (nSPS) is 16.5. The van der Waals surface area contributed by atoms with E-state index in [0.717, 1.165) is 43.8 Å². The standard InChI is InChI=1S/C18H25N5O2/c1-14(12-23-6-8-25-9-7-23)10-19-17(24)11-20-18-15-4-2-3-5-16(15)21-13-22-18/h2-5,13-14H,6-12H2,1H3,(H,19,24)(H,20,21,22). The number of benzene rings is 1. The monoisotopic (exact) mass is 343 g/mol. The molecule has 0 aliphatic carbocycles. The predicted octanol–water partition coefficient (Wildman–Crippen LogP) is 1.13. The van der Waals surface area contributed by atoms with Crippen LogP contribution in [-0.4, -0.2) is 66.7 Å². The summed E-state index contributed by atoms with van der Waals surface area (Å²) in [5.74, 6) is 1.06. The summed E-state index contributed by atoms with van der Waals surface area (Å²) in [5.41, 5.74) is 0.861. The molecule has 1 aromatic heterocycles. The minimum Gasteiger partial charge on any atom is -0.379 e. The van der Waals surface area contributed by atoms with Gasteiger partial charge >= 0.3 is 0 Å². The summed E-state index contributed by atoms with van der Waals surface area (Å²) in [6, 6.07) is 7.74. The van der Waals surface area contributed by atoms with Gasteiger partial charge in [0.05, 0.1) is 25.3 Å². The molecule has 134 valence electrons. The van der Waals surface area contributed by atoms with Gasteiger partial charge in [-0.1, -0.05) is 19.1 Å². The molecule has 1 saturated heterocycles. The maximum absolute atomic E-state index is 12.1. The van der Waals surface area contributed by atoms with Gasteiger partial charge in [-0.3, -0.25) is 9.69 Å². The second kappa shape index (κ2) is 8.73. The number of aromatic nitrogens is 2. The van der Waals surface area contributed by atoms with Crippen LogP contribution in [0.2, 0.25) is 0 Å². The maximum Gasteiger partial charge on any atom is 0.239 e. The highest BCUT2D eigenvalue weighted by Crippen LogP contribution is 2.17. The third-order valence-electron chi connectivity index (χ3n) is 4.28. The van der Waals surface area contributed by atoms with E-state index in [1.54, 1.807) is 0 Å². The Bertz CT molecular complexity index is 697. The molecule has 0 radical (unpaired) electrons. The van der Waals surface area contributed by atoms with Gasteiger partial charge in [-0.05, 0) is 18.1 Å². The van der Waals surface area contributed by atoms with Crippen molar-refractivity contribution < 1.29 is 9.53 Å². The number of hydrogen-bond acceptors (Lipinski definition) is 6. The van der Waals surface area contributed by atoms with E-state index in [9.17, 15) is 4.79 Å². The first kappa shape index (κ1) is 17.6. The largest absolute Gasteiger partial charge is 0.379 e. The first-order valence-corrected chi connectivity index (χ1v) is 8.73. The second-order valence-corrected chi connectivity index (χ2v) is 6.42. The quantitative estimate of drug-likeness (QED) is 0.784. The van der Waals surface area contributed by atoms with E-state index in [-0.39, 0.29) is 12.5 Å². The summed E-state index contributed by atoms with van der Waals surface area (Å²) >= 11 is 0. The number of nitrogens with one attached hydrogen (secondary N) is 2. The zero-order valence-corrected chi connectivity index (χ0v) is 14.6. The number of amides is 1. The lowest BCUT2D eigenvalue weighted by molar-refractivity contribution is -0.119. The molecule has 1 amide bonds. The highest BCUT2D eigenvalue weighted by molar-refractivity contribution is 5.90. The van der Waals surface area contributed by atoms with Crippen molar-refractivity contribution in [1.82, 2.24) is 20.2 Å². The molecule has 2 N–H and O–H groups in total. The van der Waals surface area contributed by atoms with Gasteiger partial charge in [0.1, 0.15) is 12.1 Å². The average Bonchev–Trinajstić information content (AvgIpc) is 2.65. The Labute approximate surface area is 147 Å². The van der Waals surface area contributed by atoms with Crippen molar-refractivity contribution in [3.05, 3.63) is 30.6 Å². The first-order chi connectivity index (χ1) is 12.2. The Morgan fingerprint density at radius 3 is 2.92 bits per heavy atom. The van der Waals surface area contributed by atoms with Crippen LogP contribution in [0.4, 0.5) is 5.82 Å². The molecule has 7 heteroatoms. The summed E-state index contributed by atoms with van der Waals surface area (Å²) in [5, 5.41) is 7.01. The summed E-state index contributed by atoms with van der Waals surface area (Å²) in [7, 11) is 0. The number of fused-ring (bicyclic) bond motifs is 1. The van der Waals surface area contributed by atoms with Gasteiger partial charge in [-0.15, -0.1) is 0 Å². The van der Waals surface area contributed by atoms with Crippen molar-refractivity contribution in [1.29, 1.82) is 0 Å². The Kier molecular flexibility index (Phi) is 6.14. The lowest BCUT2D eigenvalue weighted by Gasteiger charge is -2.29. The molecule has 3 rings (SSSR count). The molecule has 2 aromatic rings. The van der Waals surface area contributed by atoms with Crippen LogP contribution in [0, 0.1) is 5.92 Å². The molecule has 0 spiro atoms. The van der Waals surface area contributed by atoms with E-state index in [0.29, 0.717) is 18.3 Å². The van der Waals surface area contributed by atoms with E-state index in [1.165, 1.54) is 6.33 Å². The van der Waals surface area contributed by atoms with Crippen LogP contribution >= 0.6 is 0 Å². The third-order valence-corrected chi connectivity index (χ3v) is 4.28. The van der Waals surface area contributed by atoms with Crippen LogP contribution in [0.3, 0.4) is 0 Å². The molecule has 7 nitrogen and oxygen atoms in total. The van der Waals surface area contributed by atoms with Crippen LogP contribution in [0.1, 0.15) is 6.92 Å².